The molecule has 1 amide bonds. The molecule has 6 nitrogen and oxygen atoms in total. The van der Waals surface area contributed by atoms with Crippen LogP contribution >= 0.6 is 0 Å². The Labute approximate surface area is 136 Å². The highest BCUT2D eigenvalue weighted by atomic mass is 16.5. The summed E-state index contributed by atoms with van der Waals surface area (Å²) >= 11 is 0. The minimum atomic E-state index is -0.165. The van der Waals surface area contributed by atoms with Gasteiger partial charge in [0.25, 0.3) is 5.91 Å². The number of para-hydroxylation sites is 2. The predicted octanol–water partition coefficient (Wildman–Crippen LogP) is 3.15. The molecule has 0 spiro atoms. The summed E-state index contributed by atoms with van der Waals surface area (Å²) in [7, 11) is 0. The third-order valence-electron chi connectivity index (χ3n) is 2.95. The summed E-state index contributed by atoms with van der Waals surface area (Å²) in [6.07, 6.45) is 3.97. The van der Waals surface area contributed by atoms with Crippen molar-refractivity contribution in [1.82, 2.24) is 15.3 Å². The molecule has 0 saturated heterocycles. The van der Waals surface area contributed by atoms with Crippen LogP contribution in [0.15, 0.2) is 36.7 Å². The number of hydrogen-bond acceptors (Lipinski definition) is 5. The molecule has 0 aliphatic carbocycles. The number of anilines is 2. The SMILES string of the molecule is CCCNC(=O)c1cnc(Nc2ccccc2OC(C)C)nc1. The summed E-state index contributed by atoms with van der Waals surface area (Å²) in [5.41, 5.74) is 1.22. The van der Waals surface area contributed by atoms with Crippen LogP contribution in [0.3, 0.4) is 0 Å². The number of carbonyl (C=O) groups is 1. The van der Waals surface area contributed by atoms with Gasteiger partial charge in [-0.05, 0) is 32.4 Å². The van der Waals surface area contributed by atoms with E-state index in [4.69, 9.17) is 4.74 Å². The van der Waals surface area contributed by atoms with Crippen LogP contribution in [0.2, 0.25) is 0 Å². The molecule has 0 bridgehead atoms. The van der Waals surface area contributed by atoms with E-state index in [-0.39, 0.29) is 12.0 Å². The van der Waals surface area contributed by atoms with Crippen LogP contribution in [0.1, 0.15) is 37.6 Å². The van der Waals surface area contributed by atoms with Gasteiger partial charge in [0, 0.05) is 18.9 Å². The van der Waals surface area contributed by atoms with E-state index < -0.39 is 0 Å². The first kappa shape index (κ1) is 16.7. The highest BCUT2D eigenvalue weighted by molar-refractivity contribution is 5.93. The number of nitrogens with zero attached hydrogens (tertiary/aromatic N) is 2. The molecule has 1 aromatic heterocycles. The van der Waals surface area contributed by atoms with E-state index in [1.807, 2.05) is 45.0 Å². The van der Waals surface area contributed by atoms with Crippen LogP contribution in [0.25, 0.3) is 0 Å². The lowest BCUT2D eigenvalue weighted by Crippen LogP contribution is -2.24. The van der Waals surface area contributed by atoms with Crippen LogP contribution in [-0.4, -0.2) is 28.5 Å². The molecule has 0 aliphatic heterocycles. The van der Waals surface area contributed by atoms with Gasteiger partial charge in [0.2, 0.25) is 5.95 Å². The topological polar surface area (TPSA) is 76.1 Å². The number of benzene rings is 1. The van der Waals surface area contributed by atoms with E-state index in [1.165, 1.54) is 12.4 Å². The minimum Gasteiger partial charge on any atom is -0.489 e. The Balaban J connectivity index is 2.08. The van der Waals surface area contributed by atoms with Crippen LogP contribution in [-0.2, 0) is 0 Å². The lowest BCUT2D eigenvalue weighted by Gasteiger charge is -2.14. The van der Waals surface area contributed by atoms with Gasteiger partial charge in [0.1, 0.15) is 5.75 Å². The Hall–Kier alpha value is -2.63. The van der Waals surface area contributed by atoms with Gasteiger partial charge < -0.3 is 15.4 Å². The molecule has 6 heteroatoms. The largest absolute Gasteiger partial charge is 0.489 e. The molecule has 2 rings (SSSR count). The number of nitrogens with one attached hydrogen (secondary N) is 2. The summed E-state index contributed by atoms with van der Waals surface area (Å²) in [5.74, 6) is 0.981. The number of carbonyl (C=O) groups excluding carboxylic acids is 1. The van der Waals surface area contributed by atoms with Crippen LogP contribution in [0, 0.1) is 0 Å². The maximum atomic E-state index is 11.8. The second kappa shape index (κ2) is 8.12. The molecule has 2 aromatic rings. The molecule has 0 atom stereocenters. The lowest BCUT2D eigenvalue weighted by atomic mass is 10.3. The molecule has 0 saturated carbocycles. The fourth-order valence-corrected chi connectivity index (χ4v) is 1.90. The molecular weight excluding hydrogens is 292 g/mol. The Morgan fingerprint density at radius 3 is 2.57 bits per heavy atom. The standard InChI is InChI=1S/C17H22N4O2/c1-4-9-18-16(22)13-10-19-17(20-11-13)21-14-7-5-6-8-15(14)23-12(2)3/h5-8,10-12H,4,9H2,1-3H3,(H,18,22)(H,19,20,21). The molecule has 0 aliphatic rings. The first-order valence-electron chi connectivity index (χ1n) is 7.73. The third-order valence-corrected chi connectivity index (χ3v) is 2.95. The maximum Gasteiger partial charge on any atom is 0.254 e. The Kier molecular flexibility index (Phi) is 5.91. The fourth-order valence-electron chi connectivity index (χ4n) is 1.90. The number of hydrogen-bond donors (Lipinski definition) is 2. The highest BCUT2D eigenvalue weighted by Crippen LogP contribution is 2.26. The van der Waals surface area contributed by atoms with Gasteiger partial charge in [0.15, 0.2) is 0 Å². The molecule has 0 radical (unpaired) electrons. The summed E-state index contributed by atoms with van der Waals surface area (Å²) in [4.78, 5) is 20.2. The average Bonchev–Trinajstić information content (AvgIpc) is 2.54. The zero-order valence-electron chi connectivity index (χ0n) is 13.7. The average molecular weight is 314 g/mol. The molecule has 122 valence electrons. The smallest absolute Gasteiger partial charge is 0.254 e. The van der Waals surface area contributed by atoms with Crippen molar-refractivity contribution in [3.8, 4) is 5.75 Å². The van der Waals surface area contributed by atoms with Crippen LogP contribution in [0.4, 0.5) is 11.6 Å². The van der Waals surface area contributed by atoms with Gasteiger partial charge in [-0.1, -0.05) is 19.1 Å². The van der Waals surface area contributed by atoms with Gasteiger partial charge in [-0.15, -0.1) is 0 Å². The van der Waals surface area contributed by atoms with Crippen LogP contribution < -0.4 is 15.4 Å². The minimum absolute atomic E-state index is 0.0727. The Morgan fingerprint density at radius 2 is 1.91 bits per heavy atom. The van der Waals surface area contributed by atoms with Crippen molar-refractivity contribution in [2.24, 2.45) is 0 Å². The van der Waals surface area contributed by atoms with E-state index in [0.717, 1.165) is 17.9 Å². The van der Waals surface area contributed by atoms with Gasteiger partial charge in [-0.2, -0.15) is 0 Å². The lowest BCUT2D eigenvalue weighted by molar-refractivity contribution is 0.0953. The number of amides is 1. The molecule has 1 aromatic carbocycles. The zero-order valence-corrected chi connectivity index (χ0v) is 13.7. The summed E-state index contributed by atoms with van der Waals surface area (Å²) in [6.45, 7) is 6.58. The van der Waals surface area contributed by atoms with E-state index in [9.17, 15) is 4.79 Å². The molecule has 2 N–H and O–H groups in total. The van der Waals surface area contributed by atoms with Crippen molar-refractivity contribution in [3.63, 3.8) is 0 Å². The summed E-state index contributed by atoms with van der Waals surface area (Å²) in [6, 6.07) is 7.59. The maximum absolute atomic E-state index is 11.8. The van der Waals surface area contributed by atoms with E-state index >= 15 is 0 Å². The van der Waals surface area contributed by atoms with Crippen molar-refractivity contribution < 1.29 is 9.53 Å². The highest BCUT2D eigenvalue weighted by Gasteiger charge is 2.09. The second-order valence-corrected chi connectivity index (χ2v) is 5.34. The van der Waals surface area contributed by atoms with E-state index in [2.05, 4.69) is 20.6 Å². The van der Waals surface area contributed by atoms with Crippen molar-refractivity contribution in [2.45, 2.75) is 33.3 Å². The molecular formula is C17H22N4O2. The molecule has 23 heavy (non-hydrogen) atoms. The van der Waals surface area contributed by atoms with E-state index in [0.29, 0.717) is 18.1 Å². The summed E-state index contributed by atoms with van der Waals surface area (Å²) < 4.78 is 5.74. The Morgan fingerprint density at radius 1 is 1.22 bits per heavy atom. The van der Waals surface area contributed by atoms with Crippen LogP contribution in [0.5, 0.6) is 5.75 Å². The quantitative estimate of drug-likeness (QED) is 0.821. The fraction of sp³-hybridized carbons (Fsp3) is 0.353. The monoisotopic (exact) mass is 314 g/mol. The van der Waals surface area contributed by atoms with Gasteiger partial charge >= 0.3 is 0 Å². The first-order valence-corrected chi connectivity index (χ1v) is 7.73. The van der Waals surface area contributed by atoms with Gasteiger partial charge in [0.05, 0.1) is 17.4 Å². The van der Waals surface area contributed by atoms with Crippen molar-refractivity contribution in [1.29, 1.82) is 0 Å². The molecule has 0 unspecified atom stereocenters. The van der Waals surface area contributed by atoms with E-state index in [1.54, 1.807) is 0 Å². The molecule has 0 fully saturated rings. The second-order valence-electron chi connectivity index (χ2n) is 5.34. The number of ether oxygens (including phenoxy) is 1. The number of aromatic nitrogens is 2. The van der Waals surface area contributed by atoms with Crippen molar-refractivity contribution in [3.05, 3.63) is 42.2 Å². The van der Waals surface area contributed by atoms with Gasteiger partial charge in [-0.25, -0.2) is 9.97 Å². The number of rotatable bonds is 7. The summed E-state index contributed by atoms with van der Waals surface area (Å²) in [5, 5.41) is 5.90. The third kappa shape index (κ3) is 4.95. The zero-order chi connectivity index (χ0) is 16.7. The predicted molar refractivity (Wildman–Crippen MR) is 90.1 cm³/mol. The van der Waals surface area contributed by atoms with Crippen molar-refractivity contribution >= 4 is 17.5 Å². The van der Waals surface area contributed by atoms with Gasteiger partial charge in [-0.3, -0.25) is 4.79 Å². The Bertz CT molecular complexity index is 641. The normalized spacial score (nSPS) is 10.4. The molecule has 1 heterocycles. The van der Waals surface area contributed by atoms with Crippen molar-refractivity contribution in [2.75, 3.05) is 11.9 Å². The first-order chi connectivity index (χ1) is 11.1.